The quantitative estimate of drug-likeness (QED) is 0.0808. The van der Waals surface area contributed by atoms with Crippen LogP contribution in [-0.4, -0.2) is 6.88 Å². The summed E-state index contributed by atoms with van der Waals surface area (Å²) in [6.45, 7) is 3.06. The Morgan fingerprint density at radius 3 is 0.674 bits per heavy atom. The predicted molar refractivity (Wildman–Crippen MR) is 398 cm³/mol. The van der Waals surface area contributed by atoms with E-state index in [1.165, 1.54) is 198 Å². The molecule has 0 amide bonds. The van der Waals surface area contributed by atoms with Gasteiger partial charge in [0.15, 0.2) is 0 Å². The summed E-state index contributed by atoms with van der Waals surface area (Å²) in [4.78, 5) is 0. The molecule has 0 aliphatic rings. The first-order valence-electron chi connectivity index (χ1n) is 31.0. The monoisotopic (exact) mass is 1260 g/mol. The van der Waals surface area contributed by atoms with E-state index in [0.29, 0.717) is 0 Å². The molecule has 0 unspecified atom stereocenters. The van der Waals surface area contributed by atoms with Crippen molar-refractivity contribution in [3.8, 4) is 44.5 Å². The molecule has 0 fully saturated rings. The number of hydrogen-bond donors (Lipinski definition) is 0. The number of benzene rings is 16. The van der Waals surface area contributed by atoms with E-state index in [-0.39, 0.29) is 14.9 Å². The van der Waals surface area contributed by atoms with Crippen LogP contribution in [0.1, 0.15) is 22.3 Å². The second kappa shape index (κ2) is 25.7. The van der Waals surface area contributed by atoms with Crippen molar-refractivity contribution in [1.82, 2.24) is 0 Å². The molecule has 2 radical (unpaired) electrons. The molecule has 0 saturated carbocycles. The number of rotatable bonds is 8. The second-order valence-corrected chi connectivity index (χ2v) is 23.8. The van der Waals surface area contributed by atoms with Gasteiger partial charge >= 0.3 is 30.2 Å². The minimum atomic E-state index is 0. The van der Waals surface area contributed by atoms with Crippen LogP contribution in [0.25, 0.3) is 152 Å². The summed E-state index contributed by atoms with van der Waals surface area (Å²) in [6.07, 6.45) is 1.81. The third-order valence-corrected chi connectivity index (χ3v) is 18.6. The van der Waals surface area contributed by atoms with Crippen LogP contribution in [0.2, 0.25) is 0 Å². The van der Waals surface area contributed by atoms with Crippen molar-refractivity contribution >= 4 is 115 Å². The molecule has 436 valence electrons. The summed E-state index contributed by atoms with van der Waals surface area (Å²) in [6, 6.07) is 121. The van der Waals surface area contributed by atoms with E-state index in [4.69, 9.17) is 0 Å². The van der Waals surface area contributed by atoms with Crippen molar-refractivity contribution in [2.75, 3.05) is 0 Å². The van der Waals surface area contributed by atoms with Crippen molar-refractivity contribution in [3.05, 3.63) is 365 Å². The Labute approximate surface area is 555 Å². The molecule has 0 atom stereocenters. The molecule has 0 spiro atoms. The van der Waals surface area contributed by atoms with Gasteiger partial charge in [-0.25, -0.2) is 0 Å². The molecule has 0 aliphatic heterocycles. The molecule has 0 bridgehead atoms. The van der Waals surface area contributed by atoms with Crippen molar-refractivity contribution in [2.45, 2.75) is 12.8 Å². The van der Waals surface area contributed by atoms with Crippen LogP contribution < -0.4 is 0 Å². The average molecular weight is 1260 g/mol. The summed E-state index contributed by atoms with van der Waals surface area (Å²) in [5.74, 6) is 0. The first-order chi connectivity index (χ1) is 44.6. The Bertz CT molecular complexity index is 4880. The first-order valence-corrected chi connectivity index (χ1v) is 35.2. The minimum absolute atomic E-state index is 0. The molecular weight excluding hydrogens is 1200 g/mol. The van der Waals surface area contributed by atoms with Gasteiger partial charge in [-0.2, -0.15) is 12.1 Å². The van der Waals surface area contributed by atoms with Crippen molar-refractivity contribution in [1.29, 1.82) is 0 Å². The van der Waals surface area contributed by atoms with Crippen molar-refractivity contribution in [2.24, 2.45) is 0 Å². The van der Waals surface area contributed by atoms with E-state index in [2.05, 4.69) is 334 Å². The molecule has 0 nitrogen and oxygen atoms in total. The van der Waals surface area contributed by atoms with Crippen LogP contribution in [-0.2, 0) is 36.2 Å². The fourth-order valence-corrected chi connectivity index (χ4v) is 14.7. The molecule has 0 N–H and O–H groups in total. The molecule has 18 aromatic rings. The van der Waals surface area contributed by atoms with Gasteiger partial charge in [0.2, 0.25) is 0 Å². The van der Waals surface area contributed by atoms with Crippen LogP contribution in [0.4, 0.5) is 0 Å². The third kappa shape index (κ3) is 10.7. The van der Waals surface area contributed by atoms with Crippen LogP contribution >= 0.6 is 0 Å². The summed E-state index contributed by atoms with van der Waals surface area (Å²) < 4.78 is 0. The normalized spacial score (nSPS) is 11.2. The molecule has 0 aliphatic carbocycles. The topological polar surface area (TPSA) is 0 Å². The van der Waals surface area contributed by atoms with Crippen molar-refractivity contribution in [3.63, 3.8) is 0 Å². The Morgan fingerprint density at radius 1 is 0.217 bits per heavy atom. The maximum atomic E-state index is 3.06. The van der Waals surface area contributed by atoms with Crippen LogP contribution in [0, 0.1) is 14.9 Å². The molecule has 18 rings (SSSR count). The summed E-state index contributed by atoms with van der Waals surface area (Å²) >= 11 is 1.36. The van der Waals surface area contributed by atoms with E-state index in [0.717, 1.165) is 12.8 Å². The average Bonchev–Trinajstić information content (AvgIpc) is 1.35. The number of hydrogen-bond acceptors (Lipinski definition) is 0. The van der Waals surface area contributed by atoms with Gasteiger partial charge in [-0.05, 0) is 157 Å². The zero-order chi connectivity index (χ0) is 60.1. The van der Waals surface area contributed by atoms with Gasteiger partial charge in [0, 0.05) is 0 Å². The molecule has 0 heterocycles. The standard InChI is InChI=1S/2C44H29.2CH3.Si.Zr/c2*1-2-12-29(13-3-1)24-30-25-41-39(43-35-18-8-4-14-31(35)27-32-15-5-9-19-36(32)43)22-23-40(42(41)26-30)44-37-20-10-6-16-33(37)28-34-17-7-11-21-38(34)44;;;;/h2*1-23,25-28H,24H2;2*1H3;;/q4*-1;;. The van der Waals surface area contributed by atoms with Gasteiger partial charge in [0.25, 0.3) is 0 Å². The van der Waals surface area contributed by atoms with E-state index in [1.807, 2.05) is 0 Å². The van der Waals surface area contributed by atoms with Gasteiger partial charge in [-0.3, -0.25) is 0 Å². The van der Waals surface area contributed by atoms with Gasteiger partial charge in [0.05, 0.1) is 0 Å². The Balaban J connectivity index is 0.000000152. The first kappa shape index (κ1) is 59.5. The fraction of sp³-hybridized carbons (Fsp3) is 0.0222. The molecule has 18 aromatic carbocycles. The minimum Gasteiger partial charge on any atom is -0.164 e. The van der Waals surface area contributed by atoms with Gasteiger partial charge in [-0.1, -0.05) is 301 Å². The van der Waals surface area contributed by atoms with Crippen molar-refractivity contribution < 1.29 is 23.3 Å². The number of fused-ring (bicyclic) bond motifs is 10. The zero-order valence-corrected chi connectivity index (χ0v) is 55.0. The molecule has 2 heteroatoms. The summed E-state index contributed by atoms with van der Waals surface area (Å²) in [7, 11) is 0. The summed E-state index contributed by atoms with van der Waals surface area (Å²) in [5, 5.41) is 25.8. The van der Waals surface area contributed by atoms with Crippen LogP contribution in [0.5, 0.6) is 0 Å². The largest absolute Gasteiger partial charge is 0.164 e. The van der Waals surface area contributed by atoms with E-state index in [1.54, 1.807) is 0 Å². The summed E-state index contributed by atoms with van der Waals surface area (Å²) in [5.41, 5.74) is 15.8. The molecule has 92 heavy (non-hydrogen) atoms. The van der Waals surface area contributed by atoms with Gasteiger partial charge < -0.3 is 14.9 Å². The Hall–Kier alpha value is -10.1. The SMILES string of the molecule is [CH3-].[CH3-].[Si]=[Zr].c1ccc(Cc2cc3c(-c4c5ccccc5cc5ccccc45)ccc(-c4c5ccccc5cc5ccccc45)c3[cH-]2)cc1.c1ccc(Cc2cc3c(-c4c5ccccc5cc5ccccc45)ccc(-c4c5ccccc5cc5ccccc45)c3[cH-]2)cc1. The van der Waals surface area contributed by atoms with Crippen LogP contribution in [0.3, 0.4) is 0 Å². The maximum Gasteiger partial charge on any atom is -0.0107 e. The van der Waals surface area contributed by atoms with E-state index in [9.17, 15) is 0 Å². The van der Waals surface area contributed by atoms with E-state index >= 15 is 0 Å². The fourth-order valence-electron chi connectivity index (χ4n) is 14.7. The molecule has 0 aromatic heterocycles. The predicted octanol–water partition coefficient (Wildman–Crippen LogP) is 24.7. The molecule has 0 saturated heterocycles. The maximum absolute atomic E-state index is 3.06. The smallest absolute Gasteiger partial charge is 0.0107 e. The van der Waals surface area contributed by atoms with Gasteiger partial charge in [-0.15, -0.1) is 44.8 Å². The Kier molecular flexibility index (Phi) is 16.6. The third-order valence-electron chi connectivity index (χ3n) is 18.6. The zero-order valence-electron chi connectivity index (χ0n) is 51.6. The van der Waals surface area contributed by atoms with E-state index < -0.39 is 0 Å². The molecular formula is C90H64SiZr-4. The second-order valence-electron chi connectivity index (χ2n) is 23.8. The van der Waals surface area contributed by atoms with Gasteiger partial charge in [0.1, 0.15) is 0 Å². The Morgan fingerprint density at radius 2 is 0.424 bits per heavy atom. The van der Waals surface area contributed by atoms with Crippen LogP contribution in [0.15, 0.2) is 328 Å².